The maximum atomic E-state index is 12.7. The van der Waals surface area contributed by atoms with Crippen LogP contribution in [0.4, 0.5) is 0 Å². The van der Waals surface area contributed by atoms with Gasteiger partial charge in [0, 0.05) is 19.6 Å². The first-order valence-electron chi connectivity index (χ1n) is 8.09. The summed E-state index contributed by atoms with van der Waals surface area (Å²) in [5.74, 6) is 0.305. The fourth-order valence-corrected chi connectivity index (χ4v) is 2.98. The minimum atomic E-state index is -0.0787. The summed E-state index contributed by atoms with van der Waals surface area (Å²) in [6.07, 6.45) is 0. The Labute approximate surface area is 142 Å². The minimum absolute atomic E-state index is 0.0189. The van der Waals surface area contributed by atoms with Gasteiger partial charge in [-0.1, -0.05) is 42.5 Å². The highest BCUT2D eigenvalue weighted by molar-refractivity contribution is 5.78. The van der Waals surface area contributed by atoms with Crippen molar-refractivity contribution >= 4 is 5.91 Å². The lowest BCUT2D eigenvalue weighted by molar-refractivity contribution is -0.138. The maximum absolute atomic E-state index is 12.7. The molecule has 126 valence electrons. The van der Waals surface area contributed by atoms with Crippen LogP contribution in [0.5, 0.6) is 11.5 Å². The van der Waals surface area contributed by atoms with Gasteiger partial charge in [-0.2, -0.15) is 0 Å². The average molecular weight is 326 g/mol. The maximum Gasteiger partial charge on any atom is 0.261 e. The summed E-state index contributed by atoms with van der Waals surface area (Å²) >= 11 is 0. The number of ether oxygens (including phenoxy) is 1. The van der Waals surface area contributed by atoms with Gasteiger partial charge in [0.25, 0.3) is 5.91 Å². The number of nitrogens with zero attached hydrogens (tertiary/aromatic N) is 2. The Morgan fingerprint density at radius 2 is 1.83 bits per heavy atom. The van der Waals surface area contributed by atoms with Crippen LogP contribution < -0.4 is 4.74 Å². The summed E-state index contributed by atoms with van der Waals surface area (Å²) in [4.78, 5) is 16.8. The molecule has 1 saturated heterocycles. The van der Waals surface area contributed by atoms with Crippen molar-refractivity contribution in [2.75, 3.05) is 33.3 Å². The van der Waals surface area contributed by atoms with Crippen LogP contribution in [0.25, 0.3) is 0 Å². The van der Waals surface area contributed by atoms with E-state index in [0.29, 0.717) is 12.3 Å². The molecule has 0 radical (unpaired) electrons. The zero-order chi connectivity index (χ0) is 16.9. The molecule has 1 atom stereocenters. The second-order valence-corrected chi connectivity index (χ2v) is 6.03. The summed E-state index contributed by atoms with van der Waals surface area (Å²) in [5, 5.41) is 9.74. The molecule has 0 aliphatic carbocycles. The summed E-state index contributed by atoms with van der Waals surface area (Å²) in [6, 6.07) is 16.8. The smallest absolute Gasteiger partial charge is 0.261 e. The van der Waals surface area contributed by atoms with Crippen molar-refractivity contribution in [3.05, 3.63) is 60.2 Å². The first kappa shape index (κ1) is 16.3. The molecule has 5 nitrogen and oxygen atoms in total. The van der Waals surface area contributed by atoms with Crippen LogP contribution in [0.1, 0.15) is 11.6 Å². The molecule has 5 heteroatoms. The predicted molar refractivity (Wildman–Crippen MR) is 92.0 cm³/mol. The molecule has 2 aromatic rings. The Kier molecular flexibility index (Phi) is 5.01. The summed E-state index contributed by atoms with van der Waals surface area (Å²) < 4.78 is 5.51. The molecular formula is C19H22N2O3. The standard InChI is InChI=1S/C19H22N2O3/c1-20-11-12-21(16(13-20)15-7-3-2-4-8-15)19(23)14-24-18-10-6-5-9-17(18)22/h2-10,16,22H,11-14H2,1H3. The van der Waals surface area contributed by atoms with E-state index in [1.807, 2.05) is 35.2 Å². The van der Waals surface area contributed by atoms with Gasteiger partial charge in [0.2, 0.25) is 0 Å². The van der Waals surface area contributed by atoms with Crippen LogP contribution in [0.3, 0.4) is 0 Å². The third-order valence-electron chi connectivity index (χ3n) is 4.30. The van der Waals surface area contributed by atoms with E-state index in [1.165, 1.54) is 0 Å². The second kappa shape index (κ2) is 7.36. The number of carbonyl (C=O) groups is 1. The minimum Gasteiger partial charge on any atom is -0.504 e. The molecule has 1 aliphatic rings. The van der Waals surface area contributed by atoms with Gasteiger partial charge in [0.05, 0.1) is 6.04 Å². The topological polar surface area (TPSA) is 53.0 Å². The molecule has 24 heavy (non-hydrogen) atoms. The van der Waals surface area contributed by atoms with E-state index in [-0.39, 0.29) is 24.3 Å². The van der Waals surface area contributed by atoms with Crippen molar-refractivity contribution < 1.29 is 14.6 Å². The van der Waals surface area contributed by atoms with Gasteiger partial charge >= 0.3 is 0 Å². The van der Waals surface area contributed by atoms with Crippen molar-refractivity contribution in [2.45, 2.75) is 6.04 Å². The number of phenolic OH excluding ortho intramolecular Hbond substituents is 1. The Balaban J connectivity index is 1.71. The normalized spacial score (nSPS) is 18.4. The lowest BCUT2D eigenvalue weighted by Crippen LogP contribution is -2.50. The van der Waals surface area contributed by atoms with Gasteiger partial charge in [-0.25, -0.2) is 0 Å². The monoisotopic (exact) mass is 326 g/mol. The van der Waals surface area contributed by atoms with Crippen molar-refractivity contribution in [1.82, 2.24) is 9.80 Å². The van der Waals surface area contributed by atoms with E-state index >= 15 is 0 Å². The van der Waals surface area contributed by atoms with E-state index in [1.54, 1.807) is 24.3 Å². The van der Waals surface area contributed by atoms with Crippen LogP contribution in [-0.4, -0.2) is 54.1 Å². The van der Waals surface area contributed by atoms with E-state index in [4.69, 9.17) is 4.74 Å². The molecule has 0 saturated carbocycles. The van der Waals surface area contributed by atoms with Gasteiger partial charge in [0.1, 0.15) is 0 Å². The summed E-state index contributed by atoms with van der Waals surface area (Å²) in [7, 11) is 2.07. The van der Waals surface area contributed by atoms with Crippen LogP contribution in [0.15, 0.2) is 54.6 Å². The number of carbonyl (C=O) groups excluding carboxylic acids is 1. The van der Waals surface area contributed by atoms with Crippen molar-refractivity contribution in [2.24, 2.45) is 0 Å². The Hall–Kier alpha value is -2.53. The van der Waals surface area contributed by atoms with Crippen LogP contribution in [0.2, 0.25) is 0 Å². The number of para-hydroxylation sites is 2. The van der Waals surface area contributed by atoms with Gasteiger partial charge in [-0.3, -0.25) is 4.79 Å². The van der Waals surface area contributed by atoms with Gasteiger partial charge < -0.3 is 19.6 Å². The largest absolute Gasteiger partial charge is 0.504 e. The van der Waals surface area contributed by atoms with Crippen molar-refractivity contribution in [3.63, 3.8) is 0 Å². The quantitative estimate of drug-likeness (QED) is 0.937. The van der Waals surface area contributed by atoms with Crippen molar-refractivity contribution in [3.8, 4) is 11.5 Å². The SMILES string of the molecule is CN1CCN(C(=O)COc2ccccc2O)C(c2ccccc2)C1. The molecular weight excluding hydrogens is 304 g/mol. The third-order valence-corrected chi connectivity index (χ3v) is 4.30. The van der Waals surface area contributed by atoms with Crippen LogP contribution in [-0.2, 0) is 4.79 Å². The molecule has 1 N–H and O–H groups in total. The number of hydrogen-bond acceptors (Lipinski definition) is 4. The number of hydrogen-bond donors (Lipinski definition) is 1. The van der Waals surface area contributed by atoms with Gasteiger partial charge in [-0.05, 0) is 24.7 Å². The molecule has 2 aromatic carbocycles. The van der Waals surface area contributed by atoms with E-state index in [2.05, 4.69) is 11.9 Å². The highest BCUT2D eigenvalue weighted by Gasteiger charge is 2.30. The molecule has 1 heterocycles. The number of amides is 1. The van der Waals surface area contributed by atoms with Crippen LogP contribution >= 0.6 is 0 Å². The first-order valence-corrected chi connectivity index (χ1v) is 8.09. The van der Waals surface area contributed by atoms with Crippen LogP contribution in [0, 0.1) is 0 Å². The van der Waals surface area contributed by atoms with E-state index in [0.717, 1.165) is 18.7 Å². The second-order valence-electron chi connectivity index (χ2n) is 6.03. The summed E-state index contributed by atoms with van der Waals surface area (Å²) in [6.45, 7) is 2.22. The Morgan fingerprint density at radius 3 is 2.58 bits per heavy atom. The molecule has 0 aromatic heterocycles. The van der Waals surface area contributed by atoms with E-state index < -0.39 is 0 Å². The zero-order valence-corrected chi connectivity index (χ0v) is 13.8. The third kappa shape index (κ3) is 3.68. The molecule has 0 bridgehead atoms. The highest BCUT2D eigenvalue weighted by Crippen LogP contribution is 2.27. The lowest BCUT2D eigenvalue weighted by Gasteiger charge is -2.40. The number of aromatic hydroxyl groups is 1. The molecule has 1 fully saturated rings. The van der Waals surface area contributed by atoms with Crippen molar-refractivity contribution in [1.29, 1.82) is 0 Å². The molecule has 1 amide bonds. The Bertz CT molecular complexity index is 690. The predicted octanol–water partition coefficient (Wildman–Crippen LogP) is 2.29. The Morgan fingerprint density at radius 1 is 1.12 bits per heavy atom. The number of piperazine rings is 1. The number of benzene rings is 2. The number of rotatable bonds is 4. The molecule has 1 aliphatic heterocycles. The first-order chi connectivity index (χ1) is 11.6. The summed E-state index contributed by atoms with van der Waals surface area (Å²) in [5.41, 5.74) is 1.12. The highest BCUT2D eigenvalue weighted by atomic mass is 16.5. The fraction of sp³-hybridized carbons (Fsp3) is 0.316. The number of phenols is 1. The average Bonchev–Trinajstić information content (AvgIpc) is 2.61. The molecule has 1 unspecified atom stereocenters. The molecule has 3 rings (SSSR count). The fourth-order valence-electron chi connectivity index (χ4n) is 2.98. The van der Waals surface area contributed by atoms with Gasteiger partial charge in [0.15, 0.2) is 18.1 Å². The van der Waals surface area contributed by atoms with Gasteiger partial charge in [-0.15, -0.1) is 0 Å². The lowest BCUT2D eigenvalue weighted by atomic mass is 10.0. The number of likely N-dealkylation sites (N-methyl/N-ethyl adjacent to an activating group) is 1. The molecule has 0 spiro atoms. The zero-order valence-electron chi connectivity index (χ0n) is 13.8. The van der Waals surface area contributed by atoms with E-state index in [9.17, 15) is 9.90 Å².